The van der Waals surface area contributed by atoms with Crippen LogP contribution in [0.5, 0.6) is 11.5 Å². The molecule has 4 heteroatoms. The topological polar surface area (TPSA) is 48.4 Å². The predicted molar refractivity (Wildman–Crippen MR) is 70.6 cm³/mol. The molecule has 0 bridgehead atoms. The zero-order valence-corrected chi connectivity index (χ0v) is 10.3. The Labute approximate surface area is 110 Å². The molecule has 0 saturated heterocycles. The van der Waals surface area contributed by atoms with Crippen molar-refractivity contribution in [2.45, 2.75) is 0 Å². The standard InChI is InChI=1S/C15H11NO3/c1-18-15(17)12-8-10-6-7-16-9-14(10)19-13-5-3-2-4-11(12)13/h2-9H,1H3. The fourth-order valence-corrected chi connectivity index (χ4v) is 2.00. The number of carbonyl (C=O) groups is 1. The minimum absolute atomic E-state index is 0.388. The Morgan fingerprint density at radius 3 is 2.89 bits per heavy atom. The monoisotopic (exact) mass is 253 g/mol. The van der Waals surface area contributed by atoms with Crippen molar-refractivity contribution >= 4 is 17.6 Å². The van der Waals surface area contributed by atoms with Crippen LogP contribution >= 0.6 is 0 Å². The number of methoxy groups -OCH3 is 1. The minimum Gasteiger partial charge on any atom is -0.465 e. The van der Waals surface area contributed by atoms with Gasteiger partial charge in [0.2, 0.25) is 0 Å². The number of carbonyl (C=O) groups excluding carboxylic acids is 1. The number of para-hydroxylation sites is 1. The summed E-state index contributed by atoms with van der Waals surface area (Å²) in [5.41, 5.74) is 1.99. The lowest BCUT2D eigenvalue weighted by Crippen LogP contribution is -2.03. The molecule has 0 amide bonds. The molecule has 0 fully saturated rings. The van der Waals surface area contributed by atoms with Crippen molar-refractivity contribution in [1.82, 2.24) is 4.98 Å². The van der Waals surface area contributed by atoms with Crippen LogP contribution in [0.25, 0.3) is 11.6 Å². The fourth-order valence-electron chi connectivity index (χ4n) is 2.00. The normalized spacial score (nSPS) is 12.4. The Kier molecular flexibility index (Phi) is 2.76. The van der Waals surface area contributed by atoms with E-state index in [0.29, 0.717) is 22.6 Å². The van der Waals surface area contributed by atoms with Gasteiger partial charge in [0.1, 0.15) is 5.75 Å². The molecule has 2 heterocycles. The van der Waals surface area contributed by atoms with Crippen LogP contribution < -0.4 is 4.74 Å². The summed E-state index contributed by atoms with van der Waals surface area (Å²) in [6.07, 6.45) is 5.04. The second-order valence-electron chi connectivity index (χ2n) is 4.06. The maximum atomic E-state index is 11.9. The summed E-state index contributed by atoms with van der Waals surface area (Å²) in [5.74, 6) is 0.848. The molecule has 0 atom stereocenters. The number of pyridine rings is 1. The van der Waals surface area contributed by atoms with Gasteiger partial charge in [0.15, 0.2) is 5.75 Å². The highest BCUT2D eigenvalue weighted by atomic mass is 16.5. The molecule has 1 aliphatic rings. The first-order chi connectivity index (χ1) is 9.29. The fraction of sp³-hybridized carbons (Fsp3) is 0.0667. The maximum Gasteiger partial charge on any atom is 0.338 e. The van der Waals surface area contributed by atoms with E-state index in [0.717, 1.165) is 5.56 Å². The van der Waals surface area contributed by atoms with E-state index in [1.54, 1.807) is 24.5 Å². The second-order valence-corrected chi connectivity index (χ2v) is 4.06. The van der Waals surface area contributed by atoms with Crippen LogP contribution in [-0.2, 0) is 9.53 Å². The zero-order valence-electron chi connectivity index (χ0n) is 10.3. The molecule has 1 aromatic carbocycles. The van der Waals surface area contributed by atoms with Crippen LogP contribution in [0.3, 0.4) is 0 Å². The van der Waals surface area contributed by atoms with Gasteiger partial charge in [0.25, 0.3) is 0 Å². The van der Waals surface area contributed by atoms with E-state index in [2.05, 4.69) is 4.98 Å². The van der Waals surface area contributed by atoms with Gasteiger partial charge in [-0.2, -0.15) is 0 Å². The molecule has 0 saturated carbocycles. The van der Waals surface area contributed by atoms with Gasteiger partial charge in [-0.15, -0.1) is 0 Å². The van der Waals surface area contributed by atoms with Crippen molar-refractivity contribution in [3.05, 3.63) is 53.9 Å². The number of hydrogen-bond acceptors (Lipinski definition) is 4. The summed E-state index contributed by atoms with van der Waals surface area (Å²) in [4.78, 5) is 16.0. The molecule has 2 aromatic rings. The summed E-state index contributed by atoms with van der Waals surface area (Å²) in [6.45, 7) is 0. The molecule has 3 rings (SSSR count). The van der Waals surface area contributed by atoms with Gasteiger partial charge in [0.05, 0.1) is 18.9 Å². The zero-order chi connectivity index (χ0) is 13.2. The lowest BCUT2D eigenvalue weighted by Gasteiger charge is -2.09. The van der Waals surface area contributed by atoms with E-state index in [1.807, 2.05) is 24.3 Å². The minimum atomic E-state index is -0.388. The third-order valence-electron chi connectivity index (χ3n) is 2.92. The van der Waals surface area contributed by atoms with Crippen LogP contribution in [0, 0.1) is 0 Å². The quantitative estimate of drug-likeness (QED) is 0.733. The SMILES string of the molecule is COC(=O)C1=Cc2ccncc2Oc2ccccc21. The Morgan fingerprint density at radius 2 is 2.05 bits per heavy atom. The van der Waals surface area contributed by atoms with Crippen LogP contribution in [0.15, 0.2) is 42.7 Å². The first kappa shape index (κ1) is 11.5. The van der Waals surface area contributed by atoms with E-state index in [-0.39, 0.29) is 5.97 Å². The molecule has 19 heavy (non-hydrogen) atoms. The first-order valence-electron chi connectivity index (χ1n) is 5.81. The van der Waals surface area contributed by atoms with E-state index in [1.165, 1.54) is 7.11 Å². The Morgan fingerprint density at radius 1 is 1.21 bits per heavy atom. The lowest BCUT2D eigenvalue weighted by atomic mass is 10.0. The summed E-state index contributed by atoms with van der Waals surface area (Å²) < 4.78 is 10.6. The molecule has 1 aliphatic heterocycles. The van der Waals surface area contributed by atoms with Gasteiger partial charge < -0.3 is 9.47 Å². The van der Waals surface area contributed by atoms with Gasteiger partial charge >= 0.3 is 5.97 Å². The number of fused-ring (bicyclic) bond motifs is 2. The molecule has 0 radical (unpaired) electrons. The number of esters is 1. The van der Waals surface area contributed by atoms with Crippen molar-refractivity contribution in [3.63, 3.8) is 0 Å². The second kappa shape index (κ2) is 4.57. The number of rotatable bonds is 1. The Balaban J connectivity index is 2.25. The molecule has 4 nitrogen and oxygen atoms in total. The lowest BCUT2D eigenvalue weighted by molar-refractivity contribution is -0.133. The van der Waals surface area contributed by atoms with E-state index in [9.17, 15) is 4.79 Å². The van der Waals surface area contributed by atoms with Crippen LogP contribution in [0.2, 0.25) is 0 Å². The van der Waals surface area contributed by atoms with Crippen molar-refractivity contribution in [2.24, 2.45) is 0 Å². The molecule has 0 spiro atoms. The number of benzene rings is 1. The molecule has 1 aromatic heterocycles. The number of hydrogen-bond donors (Lipinski definition) is 0. The molecule has 94 valence electrons. The van der Waals surface area contributed by atoms with Gasteiger partial charge in [0, 0.05) is 17.3 Å². The average Bonchev–Trinajstić information content (AvgIpc) is 2.62. The van der Waals surface area contributed by atoms with Crippen LogP contribution in [0.4, 0.5) is 0 Å². The molecule has 0 N–H and O–H groups in total. The van der Waals surface area contributed by atoms with Gasteiger partial charge in [-0.1, -0.05) is 18.2 Å². The Bertz CT molecular complexity index is 677. The third-order valence-corrected chi connectivity index (χ3v) is 2.92. The van der Waals surface area contributed by atoms with Gasteiger partial charge in [-0.25, -0.2) is 4.79 Å². The van der Waals surface area contributed by atoms with E-state index < -0.39 is 0 Å². The van der Waals surface area contributed by atoms with Crippen molar-refractivity contribution in [3.8, 4) is 11.5 Å². The summed E-state index contributed by atoms with van der Waals surface area (Å²) in [7, 11) is 1.37. The molecular formula is C15H11NO3. The molecular weight excluding hydrogens is 242 g/mol. The van der Waals surface area contributed by atoms with Crippen LogP contribution in [-0.4, -0.2) is 18.1 Å². The predicted octanol–water partition coefficient (Wildman–Crippen LogP) is 2.90. The maximum absolute atomic E-state index is 11.9. The average molecular weight is 253 g/mol. The largest absolute Gasteiger partial charge is 0.465 e. The number of aromatic nitrogens is 1. The van der Waals surface area contributed by atoms with E-state index in [4.69, 9.17) is 9.47 Å². The summed E-state index contributed by atoms with van der Waals surface area (Å²) in [6, 6.07) is 9.15. The van der Waals surface area contributed by atoms with Gasteiger partial charge in [-0.05, 0) is 18.2 Å². The van der Waals surface area contributed by atoms with Gasteiger partial charge in [-0.3, -0.25) is 4.98 Å². The number of nitrogens with zero attached hydrogens (tertiary/aromatic N) is 1. The van der Waals surface area contributed by atoms with Crippen molar-refractivity contribution in [2.75, 3.05) is 7.11 Å². The van der Waals surface area contributed by atoms with Crippen molar-refractivity contribution in [1.29, 1.82) is 0 Å². The van der Waals surface area contributed by atoms with E-state index >= 15 is 0 Å². The third kappa shape index (κ3) is 1.97. The molecule has 0 aliphatic carbocycles. The highest BCUT2D eigenvalue weighted by molar-refractivity contribution is 6.22. The van der Waals surface area contributed by atoms with Crippen LogP contribution in [0.1, 0.15) is 11.1 Å². The highest BCUT2D eigenvalue weighted by Gasteiger charge is 2.21. The smallest absolute Gasteiger partial charge is 0.338 e. The molecule has 0 unspecified atom stereocenters. The Hall–Kier alpha value is -2.62. The highest BCUT2D eigenvalue weighted by Crippen LogP contribution is 2.37. The summed E-state index contributed by atoms with van der Waals surface area (Å²) in [5, 5.41) is 0. The number of ether oxygens (including phenoxy) is 2. The van der Waals surface area contributed by atoms with Crippen molar-refractivity contribution < 1.29 is 14.3 Å². The summed E-state index contributed by atoms with van der Waals surface area (Å²) >= 11 is 0. The first-order valence-corrected chi connectivity index (χ1v) is 5.81.